The number of ether oxygens (including phenoxy) is 3. The fourth-order valence-corrected chi connectivity index (χ4v) is 5.13. The molecule has 0 bridgehead atoms. The predicted molar refractivity (Wildman–Crippen MR) is 145 cm³/mol. The Bertz CT molecular complexity index is 618. The van der Waals surface area contributed by atoms with E-state index >= 15 is 0 Å². The Morgan fingerprint density at radius 1 is 0.829 bits per heavy atom. The Morgan fingerprint density at radius 3 is 2.00 bits per heavy atom. The Balaban J connectivity index is 3.84. The molecule has 0 rings (SSSR count). The zero-order chi connectivity index (χ0) is 26.8. The van der Waals surface area contributed by atoms with Crippen LogP contribution in [0.25, 0.3) is 0 Å². The minimum absolute atomic E-state index is 0.0595. The van der Waals surface area contributed by atoms with E-state index < -0.39 is 0 Å². The van der Waals surface area contributed by atoms with E-state index in [-0.39, 0.29) is 34.2 Å². The van der Waals surface area contributed by atoms with Crippen LogP contribution in [-0.2, 0) is 28.6 Å². The molecule has 0 saturated carbocycles. The van der Waals surface area contributed by atoms with Crippen molar-refractivity contribution in [2.45, 2.75) is 83.2 Å². The summed E-state index contributed by atoms with van der Waals surface area (Å²) in [5.74, 6) is 0.487. The van der Waals surface area contributed by atoms with Crippen LogP contribution in [0.1, 0.15) is 67.2 Å². The molecule has 0 aliphatic heterocycles. The van der Waals surface area contributed by atoms with Gasteiger partial charge in [-0.25, -0.2) is 0 Å². The molecule has 0 saturated heterocycles. The minimum Gasteiger partial charge on any atom is -0.466 e. The zero-order valence-corrected chi connectivity index (χ0v) is 24.3. The highest BCUT2D eigenvalue weighted by Crippen LogP contribution is 2.35. The maximum absolute atomic E-state index is 12.0. The molecule has 0 radical (unpaired) electrons. The van der Waals surface area contributed by atoms with Gasteiger partial charge >= 0.3 is 0 Å². The molecule has 0 aromatic rings. The van der Waals surface area contributed by atoms with E-state index in [1.807, 2.05) is 34.7 Å². The molecule has 11 heteroatoms. The lowest BCUT2D eigenvalue weighted by Gasteiger charge is -2.29. The van der Waals surface area contributed by atoms with Gasteiger partial charge in [-0.3, -0.25) is 14.4 Å². The molecule has 0 aliphatic rings. The van der Waals surface area contributed by atoms with E-state index in [9.17, 15) is 14.4 Å². The molecule has 0 aromatic carbocycles. The third-order valence-corrected chi connectivity index (χ3v) is 8.23. The van der Waals surface area contributed by atoms with Gasteiger partial charge in [-0.1, -0.05) is 21.6 Å². The molecular weight excluding hydrogens is 490 g/mol. The van der Waals surface area contributed by atoms with Gasteiger partial charge in [0.15, 0.2) is 0 Å². The van der Waals surface area contributed by atoms with Crippen LogP contribution in [0.3, 0.4) is 0 Å². The number of rotatable bonds is 22. The number of hydrogen-bond donors (Lipinski definition) is 3. The fraction of sp³-hybridized carbons (Fsp3) is 0.875. The van der Waals surface area contributed by atoms with Crippen molar-refractivity contribution < 1.29 is 28.6 Å². The molecule has 0 spiro atoms. The van der Waals surface area contributed by atoms with Gasteiger partial charge in [0.2, 0.25) is 11.8 Å². The molecule has 0 fully saturated rings. The predicted octanol–water partition coefficient (Wildman–Crippen LogP) is 2.92. The Hall–Kier alpha value is -1.01. The van der Waals surface area contributed by atoms with Crippen molar-refractivity contribution in [1.29, 1.82) is 0 Å². The Labute approximate surface area is 219 Å². The first-order valence-corrected chi connectivity index (χ1v) is 14.5. The monoisotopic (exact) mass is 537 g/mol. The first kappa shape index (κ1) is 34.0. The average molecular weight is 538 g/mol. The molecule has 9 nitrogen and oxygen atoms in total. The summed E-state index contributed by atoms with van der Waals surface area (Å²) in [5, 5.41) is 8.74. The lowest BCUT2D eigenvalue weighted by Crippen LogP contribution is -2.36. The summed E-state index contributed by atoms with van der Waals surface area (Å²) in [6.07, 6.45) is 2.32. The smallest absolute Gasteiger partial charge is 0.293 e. The second-order valence-corrected chi connectivity index (χ2v) is 13.2. The standard InChI is InChI=1S/C24H47N3O6S2/c1-22(2,10-12-25-7)33-16-11-23(3,4)32-15-8-20(29)26-13-14-27-21(30)9-17-34-35-24(5,6)18-31-19-28/h19,25H,8-18H2,1-7H3,(H,26,29)(H,27,30). The van der Waals surface area contributed by atoms with Crippen LogP contribution >= 0.6 is 21.6 Å². The van der Waals surface area contributed by atoms with Crippen LogP contribution in [0.4, 0.5) is 0 Å². The summed E-state index contributed by atoms with van der Waals surface area (Å²) in [4.78, 5) is 34.2. The Morgan fingerprint density at radius 2 is 1.40 bits per heavy atom. The maximum atomic E-state index is 12.0. The van der Waals surface area contributed by atoms with Crippen molar-refractivity contribution in [1.82, 2.24) is 16.0 Å². The number of amides is 2. The number of carbonyl (C=O) groups excluding carboxylic acids is 3. The van der Waals surface area contributed by atoms with E-state index in [0.717, 1.165) is 19.4 Å². The molecule has 0 aliphatic carbocycles. The molecule has 35 heavy (non-hydrogen) atoms. The fourth-order valence-electron chi connectivity index (χ4n) is 2.74. The lowest BCUT2D eigenvalue weighted by atomic mass is 10.0. The van der Waals surface area contributed by atoms with Gasteiger partial charge in [0, 0.05) is 31.7 Å². The second kappa shape index (κ2) is 18.3. The molecule has 0 heterocycles. The van der Waals surface area contributed by atoms with Gasteiger partial charge in [0.1, 0.15) is 6.61 Å². The van der Waals surface area contributed by atoms with Gasteiger partial charge < -0.3 is 30.2 Å². The zero-order valence-electron chi connectivity index (χ0n) is 22.6. The molecule has 0 atom stereocenters. The maximum Gasteiger partial charge on any atom is 0.293 e. The summed E-state index contributed by atoms with van der Waals surface area (Å²) in [5.41, 5.74) is -0.559. The molecule has 3 N–H and O–H groups in total. The average Bonchev–Trinajstić information content (AvgIpc) is 2.76. The second-order valence-electron chi connectivity index (χ2n) is 10.1. The van der Waals surface area contributed by atoms with Crippen LogP contribution in [0.5, 0.6) is 0 Å². The van der Waals surface area contributed by atoms with Gasteiger partial charge in [-0.05, 0) is 68.0 Å². The normalized spacial score (nSPS) is 12.3. The molecule has 0 unspecified atom stereocenters. The minimum atomic E-state index is -0.375. The summed E-state index contributed by atoms with van der Waals surface area (Å²) < 4.78 is 16.5. The Kier molecular flexibility index (Phi) is 17.7. The van der Waals surface area contributed by atoms with Crippen molar-refractivity contribution in [2.24, 2.45) is 0 Å². The highest BCUT2D eigenvalue weighted by molar-refractivity contribution is 8.77. The van der Waals surface area contributed by atoms with Gasteiger partial charge in [-0.2, -0.15) is 0 Å². The summed E-state index contributed by atoms with van der Waals surface area (Å²) in [6.45, 7) is 15.5. The van der Waals surface area contributed by atoms with Crippen LogP contribution in [0.2, 0.25) is 0 Å². The number of hydrogen-bond acceptors (Lipinski definition) is 9. The third-order valence-electron chi connectivity index (χ3n) is 4.96. The van der Waals surface area contributed by atoms with Crippen molar-refractivity contribution in [3.05, 3.63) is 0 Å². The summed E-state index contributed by atoms with van der Waals surface area (Å²) in [6, 6.07) is 0. The topological polar surface area (TPSA) is 115 Å². The van der Waals surface area contributed by atoms with E-state index in [1.54, 1.807) is 21.6 Å². The quantitative estimate of drug-likeness (QED) is 0.109. The molecule has 2 amide bonds. The van der Waals surface area contributed by atoms with Gasteiger partial charge in [-0.15, -0.1) is 0 Å². The summed E-state index contributed by atoms with van der Waals surface area (Å²) in [7, 11) is 5.08. The highest BCUT2D eigenvalue weighted by Gasteiger charge is 2.23. The van der Waals surface area contributed by atoms with Crippen molar-refractivity contribution in [3.8, 4) is 0 Å². The van der Waals surface area contributed by atoms with E-state index in [1.165, 1.54) is 0 Å². The van der Waals surface area contributed by atoms with Crippen LogP contribution in [-0.4, -0.2) is 86.5 Å². The van der Waals surface area contributed by atoms with Crippen molar-refractivity contribution in [3.63, 3.8) is 0 Å². The molecule has 0 aromatic heterocycles. The van der Waals surface area contributed by atoms with Crippen LogP contribution in [0, 0.1) is 0 Å². The summed E-state index contributed by atoms with van der Waals surface area (Å²) >= 11 is 0. The van der Waals surface area contributed by atoms with E-state index in [4.69, 9.17) is 14.2 Å². The van der Waals surface area contributed by atoms with Crippen molar-refractivity contribution >= 4 is 39.9 Å². The van der Waals surface area contributed by atoms with Crippen molar-refractivity contribution in [2.75, 3.05) is 52.3 Å². The lowest BCUT2D eigenvalue weighted by molar-refractivity contribution is -0.129. The largest absolute Gasteiger partial charge is 0.466 e. The molecule has 206 valence electrons. The first-order chi connectivity index (χ1) is 16.3. The van der Waals surface area contributed by atoms with Gasteiger partial charge in [0.25, 0.3) is 6.47 Å². The third kappa shape index (κ3) is 20.8. The first-order valence-electron chi connectivity index (χ1n) is 12.1. The molecular formula is C24H47N3O6S2. The van der Waals surface area contributed by atoms with Crippen LogP contribution in [0.15, 0.2) is 0 Å². The number of nitrogens with one attached hydrogen (secondary N) is 3. The van der Waals surface area contributed by atoms with E-state index in [0.29, 0.717) is 51.6 Å². The SMILES string of the molecule is CNCCC(C)(C)OCCC(C)(C)OCCC(=O)NCCNC(=O)CCSSC(C)(C)COC=O. The highest BCUT2D eigenvalue weighted by atomic mass is 33.1. The van der Waals surface area contributed by atoms with Crippen LogP contribution < -0.4 is 16.0 Å². The van der Waals surface area contributed by atoms with E-state index in [2.05, 4.69) is 29.8 Å². The van der Waals surface area contributed by atoms with Gasteiger partial charge in [0.05, 0.1) is 29.2 Å². The number of carbonyl (C=O) groups is 3.